The fourth-order valence-electron chi connectivity index (χ4n) is 1.80. The van der Waals surface area contributed by atoms with Crippen LogP contribution < -0.4 is 0 Å². The van der Waals surface area contributed by atoms with Crippen LogP contribution in [0.15, 0.2) is 75.6 Å². The van der Waals surface area contributed by atoms with Crippen molar-refractivity contribution in [1.29, 1.82) is 0 Å². The summed E-state index contributed by atoms with van der Waals surface area (Å²) in [5.74, 6) is 0. The third kappa shape index (κ3) is 2.63. The van der Waals surface area contributed by atoms with E-state index in [2.05, 4.69) is 46.0 Å². The van der Waals surface area contributed by atoms with Gasteiger partial charge in [0, 0.05) is 25.0 Å². The average molecular weight is 267 g/mol. The molecule has 0 radical (unpaired) electrons. The van der Waals surface area contributed by atoms with Gasteiger partial charge >= 0.3 is 0 Å². The zero-order chi connectivity index (χ0) is 13.1. The lowest BCUT2D eigenvalue weighted by atomic mass is 10.1. The maximum Gasteiger partial charge on any atom is 0.112 e. The van der Waals surface area contributed by atoms with E-state index in [1.54, 1.807) is 17.6 Å². The molecule has 0 saturated carbocycles. The lowest BCUT2D eigenvalue weighted by Crippen LogP contribution is -2.03. The van der Waals surface area contributed by atoms with Gasteiger partial charge in [0.2, 0.25) is 0 Å². The third-order valence-electron chi connectivity index (χ3n) is 2.84. The van der Waals surface area contributed by atoms with Crippen LogP contribution in [0.25, 0.3) is 0 Å². The van der Waals surface area contributed by atoms with Crippen LogP contribution in [0.4, 0.5) is 0 Å². The molecule has 0 spiro atoms. The lowest BCUT2D eigenvalue weighted by Gasteiger charge is -2.11. The van der Waals surface area contributed by atoms with Crippen molar-refractivity contribution in [1.82, 2.24) is 4.90 Å². The Labute approximate surface area is 116 Å². The molecule has 19 heavy (non-hydrogen) atoms. The summed E-state index contributed by atoms with van der Waals surface area (Å²) in [6.07, 6.45) is 14.1. The lowest BCUT2D eigenvalue weighted by molar-refractivity contribution is 0.620. The summed E-state index contributed by atoms with van der Waals surface area (Å²) in [7, 11) is 2.01. The van der Waals surface area contributed by atoms with E-state index < -0.39 is 0 Å². The van der Waals surface area contributed by atoms with Gasteiger partial charge in [0.25, 0.3) is 0 Å². The summed E-state index contributed by atoms with van der Waals surface area (Å²) in [5, 5.41) is 10.2. The first-order chi connectivity index (χ1) is 9.33. The Hall–Kier alpha value is -2.20. The molecule has 0 amide bonds. The van der Waals surface area contributed by atoms with Crippen LogP contribution in [-0.4, -0.2) is 23.9 Å². The molecule has 3 rings (SSSR count). The van der Waals surface area contributed by atoms with Crippen LogP contribution in [0.2, 0.25) is 0 Å². The predicted molar refractivity (Wildman–Crippen MR) is 81.6 cm³/mol. The van der Waals surface area contributed by atoms with E-state index in [4.69, 9.17) is 0 Å². The fraction of sp³-hybridized carbons (Fsp3) is 0.0667. The molecule has 2 aliphatic rings. The Morgan fingerprint density at radius 1 is 1.21 bits per heavy atom. The minimum atomic E-state index is 0.952. The molecule has 1 aromatic heterocycles. The summed E-state index contributed by atoms with van der Waals surface area (Å²) >= 11 is 1.68. The summed E-state index contributed by atoms with van der Waals surface area (Å²) in [6, 6.07) is 4.09. The summed E-state index contributed by atoms with van der Waals surface area (Å²) < 4.78 is 0. The van der Waals surface area contributed by atoms with E-state index in [-0.39, 0.29) is 0 Å². The molecule has 0 aliphatic carbocycles. The van der Waals surface area contributed by atoms with E-state index in [1.807, 2.05) is 30.4 Å². The molecule has 94 valence electrons. The first-order valence-corrected chi connectivity index (χ1v) is 6.86. The van der Waals surface area contributed by atoms with Crippen LogP contribution in [0, 0.1) is 0 Å². The van der Waals surface area contributed by atoms with E-state index in [0.29, 0.717) is 0 Å². The largest absolute Gasteiger partial charge is 0.357 e. The Bertz CT molecular complexity index is 627. The van der Waals surface area contributed by atoms with Gasteiger partial charge < -0.3 is 4.90 Å². The summed E-state index contributed by atoms with van der Waals surface area (Å²) in [5.41, 5.74) is 3.17. The van der Waals surface area contributed by atoms with Gasteiger partial charge in [0.15, 0.2) is 0 Å². The monoisotopic (exact) mass is 267 g/mol. The molecule has 4 heteroatoms. The molecule has 0 saturated heterocycles. The minimum absolute atomic E-state index is 0.952. The van der Waals surface area contributed by atoms with Crippen molar-refractivity contribution in [2.24, 2.45) is 10.2 Å². The smallest absolute Gasteiger partial charge is 0.112 e. The van der Waals surface area contributed by atoms with Crippen molar-refractivity contribution < 1.29 is 0 Å². The normalized spacial score (nSPS) is 19.4. The third-order valence-corrected chi connectivity index (χ3v) is 3.72. The maximum absolute atomic E-state index is 4.19. The van der Waals surface area contributed by atoms with Gasteiger partial charge in [-0.2, -0.15) is 5.10 Å². The van der Waals surface area contributed by atoms with Crippen molar-refractivity contribution in [2.45, 2.75) is 0 Å². The van der Waals surface area contributed by atoms with Gasteiger partial charge in [-0.15, -0.1) is 16.4 Å². The molecule has 0 aromatic carbocycles. The highest BCUT2D eigenvalue weighted by atomic mass is 32.1. The Morgan fingerprint density at radius 2 is 2.05 bits per heavy atom. The van der Waals surface area contributed by atoms with Crippen LogP contribution in [0.3, 0.4) is 0 Å². The highest BCUT2D eigenvalue weighted by molar-refractivity contribution is 7.12. The van der Waals surface area contributed by atoms with Crippen molar-refractivity contribution in [3.05, 3.63) is 70.2 Å². The van der Waals surface area contributed by atoms with E-state index in [1.165, 1.54) is 0 Å². The topological polar surface area (TPSA) is 28.0 Å². The summed E-state index contributed by atoms with van der Waals surface area (Å²) in [4.78, 5) is 3.16. The second-order valence-electron chi connectivity index (χ2n) is 4.26. The van der Waals surface area contributed by atoms with Gasteiger partial charge in [0.1, 0.15) is 5.71 Å². The minimum Gasteiger partial charge on any atom is -0.357 e. The zero-order valence-corrected chi connectivity index (χ0v) is 11.3. The van der Waals surface area contributed by atoms with Gasteiger partial charge in [-0.25, -0.2) is 0 Å². The average Bonchev–Trinajstić information content (AvgIpc) is 3.08. The predicted octanol–water partition coefficient (Wildman–Crippen LogP) is 3.36. The molecule has 0 fully saturated rings. The first kappa shape index (κ1) is 11.9. The first-order valence-electron chi connectivity index (χ1n) is 5.98. The Kier molecular flexibility index (Phi) is 3.25. The second kappa shape index (κ2) is 5.20. The highest BCUT2D eigenvalue weighted by Gasteiger charge is 2.12. The number of thiophene rings is 1. The van der Waals surface area contributed by atoms with Gasteiger partial charge in [-0.3, -0.25) is 0 Å². The molecular formula is C15H13N3S. The molecule has 0 atom stereocenters. The summed E-state index contributed by atoms with van der Waals surface area (Å²) in [6.45, 7) is 0. The molecule has 3 nitrogen and oxygen atoms in total. The standard InChI is InChI=1S/C15H13N3S/c1-18-8-6-12(7-9-18)4-5-13-11-16-17-15(13)14-3-2-10-19-14/h2-11H,1H3/b13-5+. The Morgan fingerprint density at radius 3 is 2.79 bits per heavy atom. The number of allylic oxidation sites excluding steroid dienone is 6. The zero-order valence-electron chi connectivity index (χ0n) is 10.5. The molecule has 0 unspecified atom stereocenters. The molecule has 2 aliphatic heterocycles. The van der Waals surface area contributed by atoms with Crippen molar-refractivity contribution in [3.63, 3.8) is 0 Å². The molecule has 0 N–H and O–H groups in total. The van der Waals surface area contributed by atoms with E-state index in [0.717, 1.165) is 21.7 Å². The van der Waals surface area contributed by atoms with Crippen LogP contribution >= 0.6 is 11.3 Å². The maximum atomic E-state index is 4.19. The molecule has 1 aromatic rings. The number of nitrogens with zero attached hydrogens (tertiary/aromatic N) is 3. The van der Waals surface area contributed by atoms with Crippen LogP contribution in [0.1, 0.15) is 4.88 Å². The second-order valence-corrected chi connectivity index (χ2v) is 5.20. The van der Waals surface area contributed by atoms with Crippen LogP contribution in [-0.2, 0) is 0 Å². The van der Waals surface area contributed by atoms with Gasteiger partial charge in [0.05, 0.1) is 11.1 Å². The molecule has 3 heterocycles. The highest BCUT2D eigenvalue weighted by Crippen LogP contribution is 2.18. The molecule has 0 bridgehead atoms. The number of hydrogen-bond acceptors (Lipinski definition) is 4. The number of hydrogen-bond donors (Lipinski definition) is 0. The molecular weight excluding hydrogens is 254 g/mol. The van der Waals surface area contributed by atoms with Crippen molar-refractivity contribution in [3.8, 4) is 0 Å². The number of rotatable bonds is 2. The van der Waals surface area contributed by atoms with Gasteiger partial charge in [-0.1, -0.05) is 18.2 Å². The van der Waals surface area contributed by atoms with Crippen molar-refractivity contribution in [2.75, 3.05) is 7.05 Å². The van der Waals surface area contributed by atoms with E-state index in [9.17, 15) is 0 Å². The van der Waals surface area contributed by atoms with Gasteiger partial charge in [-0.05, 0) is 29.2 Å². The quantitative estimate of drug-likeness (QED) is 0.807. The Balaban J connectivity index is 1.83. The fourth-order valence-corrected chi connectivity index (χ4v) is 2.54. The van der Waals surface area contributed by atoms with E-state index >= 15 is 0 Å². The van der Waals surface area contributed by atoms with Crippen LogP contribution in [0.5, 0.6) is 0 Å². The van der Waals surface area contributed by atoms with Crippen molar-refractivity contribution >= 4 is 23.3 Å². The SMILES string of the molecule is CN1C=CC(=C/C=C2\C=NN=C2c2cccs2)C=C1.